The second-order valence-electron chi connectivity index (χ2n) is 3.59. The van der Waals surface area contributed by atoms with Crippen LogP contribution >= 0.6 is 11.3 Å². The van der Waals surface area contributed by atoms with E-state index in [2.05, 4.69) is 4.72 Å². The summed E-state index contributed by atoms with van der Waals surface area (Å²) in [7, 11) is -3.72. The molecule has 4 nitrogen and oxygen atoms in total. The lowest BCUT2D eigenvalue weighted by atomic mass is 10.3. The number of hydrogen-bond donors (Lipinski definition) is 2. The molecule has 0 fully saturated rings. The number of nitrogens with one attached hydrogen (secondary N) is 1. The normalized spacial score (nSPS) is 11.6. The molecule has 0 amide bonds. The van der Waals surface area contributed by atoms with Gasteiger partial charge in [-0.25, -0.2) is 17.5 Å². The Bertz CT molecular complexity index is 639. The van der Waals surface area contributed by atoms with Gasteiger partial charge in [0.05, 0.1) is 5.69 Å². The van der Waals surface area contributed by atoms with Crippen molar-refractivity contribution in [3.8, 4) is 0 Å². The summed E-state index contributed by atoms with van der Waals surface area (Å²) in [6, 6.07) is 6.86. The first kappa shape index (κ1) is 13.0. The van der Waals surface area contributed by atoms with Gasteiger partial charge in [0.2, 0.25) is 10.0 Å². The number of rotatable bonds is 4. The quantitative estimate of drug-likeness (QED) is 0.844. The van der Waals surface area contributed by atoms with Crippen LogP contribution in [-0.2, 0) is 16.6 Å². The van der Waals surface area contributed by atoms with E-state index in [1.54, 1.807) is 0 Å². The fourth-order valence-electron chi connectivity index (χ4n) is 1.42. The SMILES string of the molecule is Nc1cc(F)ccc1S(=O)(=O)NCc1cccs1. The molecule has 1 heterocycles. The van der Waals surface area contributed by atoms with Crippen LogP contribution in [0.5, 0.6) is 0 Å². The summed E-state index contributed by atoms with van der Waals surface area (Å²) in [6.45, 7) is 0.191. The van der Waals surface area contributed by atoms with Crippen molar-refractivity contribution >= 4 is 27.0 Å². The molecule has 0 saturated carbocycles. The first-order chi connectivity index (χ1) is 8.49. The molecular weight excluding hydrogens is 275 g/mol. The Labute approximate surface area is 108 Å². The summed E-state index contributed by atoms with van der Waals surface area (Å²) < 4.78 is 39.2. The minimum absolute atomic E-state index is 0.103. The molecular formula is C11H11FN2O2S2. The van der Waals surface area contributed by atoms with Gasteiger partial charge in [0.1, 0.15) is 10.7 Å². The molecule has 2 aromatic rings. The molecule has 18 heavy (non-hydrogen) atoms. The maximum atomic E-state index is 12.9. The van der Waals surface area contributed by atoms with E-state index in [4.69, 9.17) is 5.73 Å². The van der Waals surface area contributed by atoms with Gasteiger partial charge >= 0.3 is 0 Å². The van der Waals surface area contributed by atoms with E-state index < -0.39 is 15.8 Å². The Morgan fingerprint density at radius 3 is 2.72 bits per heavy atom. The molecule has 0 aliphatic carbocycles. The van der Waals surface area contributed by atoms with Crippen molar-refractivity contribution in [3.05, 3.63) is 46.4 Å². The largest absolute Gasteiger partial charge is 0.398 e. The van der Waals surface area contributed by atoms with Crippen LogP contribution in [0.15, 0.2) is 40.6 Å². The number of benzene rings is 1. The average Bonchev–Trinajstić information content (AvgIpc) is 2.78. The maximum Gasteiger partial charge on any atom is 0.242 e. The summed E-state index contributed by atoms with van der Waals surface area (Å²) in [5.41, 5.74) is 5.40. The summed E-state index contributed by atoms with van der Waals surface area (Å²) in [6.07, 6.45) is 0. The average molecular weight is 286 g/mol. The van der Waals surface area contributed by atoms with Gasteiger partial charge in [-0.2, -0.15) is 0 Å². The topological polar surface area (TPSA) is 72.2 Å². The third-order valence-electron chi connectivity index (χ3n) is 2.28. The van der Waals surface area contributed by atoms with Crippen LogP contribution in [0.1, 0.15) is 4.88 Å². The highest BCUT2D eigenvalue weighted by molar-refractivity contribution is 7.89. The van der Waals surface area contributed by atoms with E-state index >= 15 is 0 Å². The zero-order valence-corrected chi connectivity index (χ0v) is 10.9. The Balaban J connectivity index is 2.20. The van der Waals surface area contributed by atoms with Gasteiger partial charge in [0, 0.05) is 11.4 Å². The predicted molar refractivity (Wildman–Crippen MR) is 69.2 cm³/mol. The van der Waals surface area contributed by atoms with Crippen LogP contribution in [0.2, 0.25) is 0 Å². The maximum absolute atomic E-state index is 12.9. The molecule has 0 spiro atoms. The monoisotopic (exact) mass is 286 g/mol. The second-order valence-corrected chi connectivity index (χ2v) is 6.35. The van der Waals surface area contributed by atoms with E-state index in [-0.39, 0.29) is 17.1 Å². The molecule has 1 aromatic carbocycles. The number of halogens is 1. The highest BCUT2D eigenvalue weighted by Gasteiger charge is 2.17. The van der Waals surface area contributed by atoms with Crippen LogP contribution in [0.4, 0.5) is 10.1 Å². The molecule has 7 heteroatoms. The van der Waals surface area contributed by atoms with Gasteiger partial charge in [0.15, 0.2) is 0 Å². The van der Waals surface area contributed by atoms with Gasteiger partial charge in [-0.1, -0.05) is 6.07 Å². The van der Waals surface area contributed by atoms with Crippen molar-refractivity contribution in [2.24, 2.45) is 0 Å². The molecule has 3 N–H and O–H groups in total. The summed E-state index contributed by atoms with van der Waals surface area (Å²) in [4.78, 5) is 0.778. The number of sulfonamides is 1. The van der Waals surface area contributed by atoms with Crippen LogP contribution in [0, 0.1) is 5.82 Å². The second kappa shape index (κ2) is 5.05. The fraction of sp³-hybridized carbons (Fsp3) is 0.0909. The van der Waals surface area contributed by atoms with Crippen LogP contribution < -0.4 is 10.5 Å². The molecule has 0 aliphatic heterocycles. The van der Waals surface area contributed by atoms with Crippen molar-refractivity contribution in [1.29, 1.82) is 0 Å². The van der Waals surface area contributed by atoms with E-state index in [0.717, 1.165) is 23.1 Å². The van der Waals surface area contributed by atoms with Crippen molar-refractivity contribution in [2.75, 3.05) is 5.73 Å². The Morgan fingerprint density at radius 2 is 2.11 bits per heavy atom. The van der Waals surface area contributed by atoms with Crippen LogP contribution in [-0.4, -0.2) is 8.42 Å². The standard InChI is InChI=1S/C11H11FN2O2S2/c12-8-3-4-11(10(13)6-8)18(15,16)14-7-9-2-1-5-17-9/h1-6,14H,7,13H2. The zero-order valence-electron chi connectivity index (χ0n) is 9.26. The van der Waals surface area contributed by atoms with Gasteiger partial charge in [-0.15, -0.1) is 11.3 Å². The molecule has 2 rings (SSSR count). The first-order valence-electron chi connectivity index (χ1n) is 5.06. The molecule has 1 aromatic heterocycles. The molecule has 96 valence electrons. The minimum atomic E-state index is -3.72. The van der Waals surface area contributed by atoms with Gasteiger partial charge in [0.25, 0.3) is 0 Å². The van der Waals surface area contributed by atoms with Crippen LogP contribution in [0.3, 0.4) is 0 Å². The van der Waals surface area contributed by atoms with Crippen molar-refractivity contribution < 1.29 is 12.8 Å². The number of anilines is 1. The fourth-order valence-corrected chi connectivity index (χ4v) is 3.27. The Hall–Kier alpha value is -1.44. The summed E-state index contributed by atoms with van der Waals surface area (Å²) in [5, 5.41) is 1.86. The smallest absolute Gasteiger partial charge is 0.242 e. The van der Waals surface area contributed by atoms with Gasteiger partial charge in [-0.3, -0.25) is 0 Å². The lowest BCUT2D eigenvalue weighted by Crippen LogP contribution is -2.23. The van der Waals surface area contributed by atoms with E-state index in [9.17, 15) is 12.8 Å². The minimum Gasteiger partial charge on any atom is -0.398 e. The van der Waals surface area contributed by atoms with E-state index in [0.29, 0.717) is 0 Å². The Morgan fingerprint density at radius 1 is 1.33 bits per heavy atom. The molecule has 0 saturated heterocycles. The Kier molecular flexibility index (Phi) is 3.65. The third kappa shape index (κ3) is 2.87. The van der Waals surface area contributed by atoms with E-state index in [1.807, 2.05) is 17.5 Å². The summed E-state index contributed by atoms with van der Waals surface area (Å²) >= 11 is 1.45. The van der Waals surface area contributed by atoms with Crippen molar-refractivity contribution in [2.45, 2.75) is 11.4 Å². The first-order valence-corrected chi connectivity index (χ1v) is 7.42. The lowest BCUT2D eigenvalue weighted by molar-refractivity contribution is 0.581. The third-order valence-corrected chi connectivity index (χ3v) is 4.63. The molecule has 0 unspecified atom stereocenters. The predicted octanol–water partition coefficient (Wildman–Crippen LogP) is 1.95. The van der Waals surface area contributed by atoms with E-state index in [1.165, 1.54) is 11.3 Å². The number of nitrogens with two attached hydrogens (primary N) is 1. The number of hydrogen-bond acceptors (Lipinski definition) is 4. The van der Waals surface area contributed by atoms with Crippen molar-refractivity contribution in [3.63, 3.8) is 0 Å². The van der Waals surface area contributed by atoms with Gasteiger partial charge in [-0.05, 0) is 29.6 Å². The van der Waals surface area contributed by atoms with Crippen molar-refractivity contribution in [1.82, 2.24) is 4.72 Å². The number of thiophene rings is 1. The molecule has 0 aliphatic rings. The summed E-state index contributed by atoms with van der Waals surface area (Å²) in [5.74, 6) is -0.565. The lowest BCUT2D eigenvalue weighted by Gasteiger charge is -2.08. The molecule has 0 atom stereocenters. The zero-order chi connectivity index (χ0) is 13.2. The number of nitrogen functional groups attached to an aromatic ring is 1. The molecule has 0 radical (unpaired) electrons. The van der Waals surface area contributed by atoms with Crippen LogP contribution in [0.25, 0.3) is 0 Å². The molecule has 0 bridgehead atoms. The highest BCUT2D eigenvalue weighted by Crippen LogP contribution is 2.19. The van der Waals surface area contributed by atoms with Gasteiger partial charge < -0.3 is 5.73 Å². The highest BCUT2D eigenvalue weighted by atomic mass is 32.2.